The molecule has 2 aliphatic rings. The highest BCUT2D eigenvalue weighted by Crippen LogP contribution is 2.34. The van der Waals surface area contributed by atoms with Crippen LogP contribution in [-0.2, 0) is 11.1 Å². The van der Waals surface area contributed by atoms with Gasteiger partial charge in [0.25, 0.3) is 5.78 Å². The van der Waals surface area contributed by atoms with Gasteiger partial charge < -0.3 is 17.6 Å². The van der Waals surface area contributed by atoms with Crippen LogP contribution >= 0.6 is 0 Å². The lowest BCUT2D eigenvalue weighted by atomic mass is 9.85. The highest BCUT2D eigenvalue weighted by Gasteiger charge is 2.54. The Morgan fingerprint density at radius 2 is 2.00 bits per heavy atom. The number of ketones is 1. The van der Waals surface area contributed by atoms with Gasteiger partial charge in [-0.25, -0.2) is 0 Å². The molecule has 0 fully saturated rings. The summed E-state index contributed by atoms with van der Waals surface area (Å²) in [5, 5.41) is 0. The van der Waals surface area contributed by atoms with E-state index in [0.717, 1.165) is 23.1 Å². The summed E-state index contributed by atoms with van der Waals surface area (Å²) in [5.74, 6) is 0.575. The van der Waals surface area contributed by atoms with E-state index in [4.69, 9.17) is 4.34 Å². The van der Waals surface area contributed by atoms with Crippen molar-refractivity contribution in [3.8, 4) is 0 Å². The van der Waals surface area contributed by atoms with Gasteiger partial charge in [0.15, 0.2) is 0 Å². The zero-order valence-electron chi connectivity index (χ0n) is 9.37. The van der Waals surface area contributed by atoms with Crippen molar-refractivity contribution in [2.45, 2.75) is 19.8 Å². The predicted octanol–water partition coefficient (Wildman–Crippen LogP) is 3.03. The number of hydrogen-bond acceptors (Lipinski definition) is 1. The summed E-state index contributed by atoms with van der Waals surface area (Å²) in [7, 11) is -4.22. The van der Waals surface area contributed by atoms with Crippen molar-refractivity contribution < 1.29 is 17.6 Å². The maximum absolute atomic E-state index is 13.3. The lowest BCUT2D eigenvalue weighted by molar-refractivity contribution is -0.190. The molecule has 1 aliphatic heterocycles. The molecule has 1 aliphatic carbocycles. The Balaban J connectivity index is 2.21. The molecular formula is C12H11BF2O2. The monoisotopic (exact) mass is 236 g/mol. The highest BCUT2D eigenvalue weighted by molar-refractivity contribution is 6.51. The van der Waals surface area contributed by atoms with Crippen molar-refractivity contribution in [2.24, 2.45) is 0 Å². The quantitative estimate of drug-likeness (QED) is 0.500. The van der Waals surface area contributed by atoms with Crippen LogP contribution in [0.25, 0.3) is 0 Å². The van der Waals surface area contributed by atoms with E-state index in [1.807, 2.05) is 24.3 Å². The molecule has 0 saturated carbocycles. The van der Waals surface area contributed by atoms with Crippen LogP contribution in [0.2, 0.25) is 0 Å². The Kier molecular flexibility index (Phi) is 2.11. The van der Waals surface area contributed by atoms with E-state index in [2.05, 4.69) is 4.65 Å². The van der Waals surface area contributed by atoms with Gasteiger partial charge in [-0.05, 0) is 31.4 Å². The highest BCUT2D eigenvalue weighted by atomic mass is 19.3. The van der Waals surface area contributed by atoms with E-state index in [-0.39, 0.29) is 5.76 Å². The average molecular weight is 236 g/mol. The fraction of sp³-hybridized carbons (Fsp3) is 0.250. The van der Waals surface area contributed by atoms with E-state index in [0.29, 0.717) is 12.2 Å². The normalized spacial score (nSPS) is 21.2. The number of allylic oxidation sites excluding steroid dienone is 2. The second-order valence-electron chi connectivity index (χ2n) is 4.29. The molecule has 88 valence electrons. The summed E-state index contributed by atoms with van der Waals surface area (Å²) in [4.78, 5) is 0. The van der Waals surface area contributed by atoms with Crippen LogP contribution in [0, 0.1) is 0 Å². The van der Waals surface area contributed by atoms with Gasteiger partial charge in [-0.2, -0.15) is 0 Å². The molecule has 2 nitrogen and oxygen atoms in total. The van der Waals surface area contributed by atoms with E-state index in [1.165, 1.54) is 0 Å². The average Bonchev–Trinajstić information content (AvgIpc) is 2.27. The molecule has 1 heterocycles. The molecule has 0 aromatic heterocycles. The summed E-state index contributed by atoms with van der Waals surface area (Å²) in [6, 6.07) is 7.49. The third-order valence-corrected chi connectivity index (χ3v) is 3.17. The van der Waals surface area contributed by atoms with Gasteiger partial charge in [-0.3, -0.25) is 0 Å². The summed E-state index contributed by atoms with van der Waals surface area (Å²) < 4.78 is 35.8. The molecule has 0 saturated heterocycles. The van der Waals surface area contributed by atoms with Crippen LogP contribution < -0.4 is 0 Å². The predicted molar refractivity (Wildman–Crippen MR) is 60.8 cm³/mol. The molecule has 3 rings (SSSR count). The Bertz CT molecular complexity index is 549. The van der Waals surface area contributed by atoms with Gasteiger partial charge in [-0.15, -0.1) is 0 Å². The minimum absolute atomic E-state index is 0.283. The van der Waals surface area contributed by atoms with Gasteiger partial charge in [0.05, 0.1) is 16.9 Å². The van der Waals surface area contributed by atoms with Gasteiger partial charge in [0.1, 0.15) is 0 Å². The number of aryl methyl sites for hydroxylation is 1. The molecule has 0 spiro atoms. The van der Waals surface area contributed by atoms with Crippen LogP contribution in [0.1, 0.15) is 28.8 Å². The van der Waals surface area contributed by atoms with Crippen LogP contribution in [0.15, 0.2) is 35.6 Å². The van der Waals surface area contributed by atoms with Gasteiger partial charge in [-0.1, -0.05) is 18.2 Å². The smallest absolute Gasteiger partial charge is 0.572 e. The number of hydrogen-bond donors (Lipinski definition) is 0. The molecular weight excluding hydrogens is 225 g/mol. The van der Waals surface area contributed by atoms with Crippen molar-refractivity contribution in [1.82, 2.24) is 0 Å². The lowest BCUT2D eigenvalue weighted by Crippen LogP contribution is -2.35. The molecule has 0 atom stereocenters. The largest absolute Gasteiger partial charge is 0.994 e. The molecule has 0 N–H and O–H groups in total. The van der Waals surface area contributed by atoms with Gasteiger partial charge in [0, 0.05) is 0 Å². The summed E-state index contributed by atoms with van der Waals surface area (Å²) >= 11 is 0. The van der Waals surface area contributed by atoms with Crippen LogP contribution in [0.3, 0.4) is 0 Å². The Hall–Kier alpha value is -1.65. The number of carbonyl (C=O) groups excluding carboxylic acids is 1. The van der Waals surface area contributed by atoms with E-state index in [1.54, 1.807) is 6.92 Å². The summed E-state index contributed by atoms with van der Waals surface area (Å²) in [6.45, 7) is 1.57. The first-order valence-corrected chi connectivity index (χ1v) is 5.60. The zero-order chi connectivity index (χ0) is 12.0. The lowest BCUT2D eigenvalue weighted by Gasteiger charge is -2.25. The van der Waals surface area contributed by atoms with E-state index in [9.17, 15) is 8.63 Å². The first-order valence-electron chi connectivity index (χ1n) is 5.60. The molecule has 1 aromatic rings. The van der Waals surface area contributed by atoms with E-state index >= 15 is 0 Å². The number of benzene rings is 1. The third kappa shape index (κ3) is 1.66. The Morgan fingerprint density at radius 1 is 1.24 bits per heavy atom. The fourth-order valence-electron chi connectivity index (χ4n) is 2.40. The summed E-state index contributed by atoms with van der Waals surface area (Å²) in [6.07, 6.45) is 1.52. The first kappa shape index (κ1) is 10.5. The molecule has 5 heteroatoms. The zero-order valence-corrected chi connectivity index (χ0v) is 9.37. The molecule has 0 unspecified atom stereocenters. The number of fused-ring (bicyclic) bond motifs is 3. The molecule has 0 amide bonds. The second kappa shape index (κ2) is 3.42. The van der Waals surface area contributed by atoms with Crippen molar-refractivity contribution in [1.29, 1.82) is 0 Å². The minimum Gasteiger partial charge on any atom is -0.572 e. The Morgan fingerprint density at radius 3 is 2.82 bits per heavy atom. The maximum Gasteiger partial charge on any atom is 0.994 e. The minimum atomic E-state index is -4.22. The van der Waals surface area contributed by atoms with Gasteiger partial charge >= 0.3 is 7.11 Å². The topological polar surface area (TPSA) is 20.5 Å². The second-order valence-corrected chi connectivity index (χ2v) is 4.29. The van der Waals surface area contributed by atoms with E-state index < -0.39 is 7.11 Å². The van der Waals surface area contributed by atoms with Crippen LogP contribution in [0.5, 0.6) is 0 Å². The van der Waals surface area contributed by atoms with Crippen molar-refractivity contribution in [3.63, 3.8) is 0 Å². The van der Waals surface area contributed by atoms with Crippen molar-refractivity contribution in [2.75, 3.05) is 0 Å². The fourth-order valence-corrected chi connectivity index (χ4v) is 2.40. The molecule has 17 heavy (non-hydrogen) atoms. The maximum atomic E-state index is 13.3. The Labute approximate surface area is 97.7 Å². The molecule has 1 aromatic carbocycles. The molecule has 0 bridgehead atoms. The summed E-state index contributed by atoms with van der Waals surface area (Å²) in [5.41, 5.74) is 2.57. The number of rotatable bonds is 0. The van der Waals surface area contributed by atoms with Crippen molar-refractivity contribution in [3.05, 3.63) is 46.7 Å². The standard InChI is InChI=1S/C12H11BF2O2/c1-8-10-7-6-9-4-2-3-5-11(9)12(10)17-13(14,15)16-8/h2-5H,6-7H2,1H3. The number of halogens is 2. The first-order chi connectivity index (χ1) is 8.07. The SMILES string of the molecule is CC1=C2CCc3ccccc3C2=[O+][B-](F)(F)O1. The van der Waals surface area contributed by atoms with Crippen LogP contribution in [0.4, 0.5) is 8.63 Å². The molecule has 0 radical (unpaired) electrons. The van der Waals surface area contributed by atoms with Crippen LogP contribution in [-0.4, -0.2) is 12.9 Å². The van der Waals surface area contributed by atoms with Gasteiger partial charge in [0.2, 0.25) is 0 Å². The van der Waals surface area contributed by atoms with Crippen molar-refractivity contribution >= 4 is 12.9 Å². The third-order valence-electron chi connectivity index (χ3n) is 3.17.